The van der Waals surface area contributed by atoms with Gasteiger partial charge in [0.2, 0.25) is 0 Å². The predicted octanol–water partition coefficient (Wildman–Crippen LogP) is 5.06. The number of benzene rings is 1. The predicted molar refractivity (Wildman–Crippen MR) is 115 cm³/mol. The van der Waals surface area contributed by atoms with Gasteiger partial charge < -0.3 is 14.4 Å². The van der Waals surface area contributed by atoms with Crippen LogP contribution in [0.15, 0.2) is 30.3 Å². The number of ether oxygens (including phenoxy) is 2. The largest absolute Gasteiger partial charge is 0.469 e. The van der Waals surface area contributed by atoms with E-state index in [-0.39, 0.29) is 19.0 Å². The van der Waals surface area contributed by atoms with Crippen LogP contribution in [0.5, 0.6) is 0 Å². The minimum atomic E-state index is -2.62. The van der Waals surface area contributed by atoms with Crippen LogP contribution >= 0.6 is 0 Å². The van der Waals surface area contributed by atoms with E-state index >= 15 is 0 Å². The van der Waals surface area contributed by atoms with Crippen LogP contribution in [-0.2, 0) is 20.9 Å². The van der Waals surface area contributed by atoms with E-state index in [0.717, 1.165) is 57.2 Å². The topological polar surface area (TPSA) is 38.8 Å². The van der Waals surface area contributed by atoms with Crippen LogP contribution < -0.4 is 0 Å². The Bertz CT molecular complexity index is 738. The molecule has 1 atom stereocenters. The van der Waals surface area contributed by atoms with E-state index in [1.54, 1.807) is 0 Å². The van der Waals surface area contributed by atoms with Crippen molar-refractivity contribution in [1.82, 2.24) is 4.90 Å². The zero-order valence-corrected chi connectivity index (χ0v) is 18.6. The van der Waals surface area contributed by atoms with E-state index in [9.17, 15) is 13.6 Å². The quantitative estimate of drug-likeness (QED) is 0.535. The summed E-state index contributed by atoms with van der Waals surface area (Å²) in [7, 11) is 1.45. The second kappa shape index (κ2) is 9.14. The smallest absolute Gasteiger partial charge is 0.305 e. The average molecular weight is 436 g/mol. The number of likely N-dealkylation sites (tertiary alicyclic amines) is 1. The molecule has 31 heavy (non-hydrogen) atoms. The molecule has 1 aliphatic heterocycles. The number of piperidine rings is 1. The van der Waals surface area contributed by atoms with Crippen molar-refractivity contribution in [3.8, 4) is 0 Å². The molecule has 2 aliphatic carbocycles. The van der Waals surface area contributed by atoms with Crippen LogP contribution in [0.4, 0.5) is 8.78 Å². The lowest BCUT2D eigenvalue weighted by atomic mass is 9.65. The van der Waals surface area contributed by atoms with Gasteiger partial charge in [0.15, 0.2) is 0 Å². The van der Waals surface area contributed by atoms with Crippen molar-refractivity contribution in [2.45, 2.75) is 63.9 Å². The standard InChI is InChI=1S/C25H35F2NO3/c1-30-22(29)15-20-7-9-23(10-8-20)11-13-28(14-12-23)18-24(17-25(24,26)27)19-31-16-21-5-3-2-4-6-21/h2-6,20H,7-19H2,1H3/t24-/m1/s1. The summed E-state index contributed by atoms with van der Waals surface area (Å²) in [5.41, 5.74) is 0.334. The maximum Gasteiger partial charge on any atom is 0.305 e. The summed E-state index contributed by atoms with van der Waals surface area (Å²) in [5.74, 6) is -2.29. The molecule has 1 spiro atoms. The monoisotopic (exact) mass is 435 g/mol. The second-order valence-electron chi connectivity index (χ2n) is 10.1. The summed E-state index contributed by atoms with van der Waals surface area (Å²) in [6.07, 6.45) is 7.04. The van der Waals surface area contributed by atoms with Gasteiger partial charge in [0.1, 0.15) is 0 Å². The zero-order chi connectivity index (χ0) is 22.0. The van der Waals surface area contributed by atoms with E-state index in [1.807, 2.05) is 30.3 Å². The molecule has 1 saturated heterocycles. The van der Waals surface area contributed by atoms with Crippen LogP contribution in [0.2, 0.25) is 0 Å². The first-order valence-electron chi connectivity index (χ1n) is 11.6. The Kier molecular flexibility index (Phi) is 6.68. The lowest BCUT2D eigenvalue weighted by Gasteiger charge is -2.46. The molecule has 4 rings (SSSR count). The van der Waals surface area contributed by atoms with Gasteiger partial charge in [-0.3, -0.25) is 4.79 Å². The van der Waals surface area contributed by atoms with E-state index in [1.165, 1.54) is 7.11 Å². The van der Waals surface area contributed by atoms with Crippen molar-refractivity contribution in [2.75, 3.05) is 33.4 Å². The first-order chi connectivity index (χ1) is 14.9. The Hall–Kier alpha value is -1.53. The van der Waals surface area contributed by atoms with Gasteiger partial charge in [-0.05, 0) is 68.5 Å². The molecule has 2 saturated carbocycles. The molecule has 1 heterocycles. The number of carbonyl (C=O) groups excluding carboxylic acids is 1. The number of carbonyl (C=O) groups is 1. The Labute approximate surface area is 184 Å². The third kappa shape index (κ3) is 5.28. The molecule has 0 unspecified atom stereocenters. The second-order valence-corrected chi connectivity index (χ2v) is 10.1. The Morgan fingerprint density at radius 3 is 2.32 bits per heavy atom. The molecule has 6 heteroatoms. The van der Waals surface area contributed by atoms with E-state index in [4.69, 9.17) is 9.47 Å². The molecule has 0 N–H and O–H groups in total. The number of hydrogen-bond donors (Lipinski definition) is 0. The minimum absolute atomic E-state index is 0.0638. The number of esters is 1. The summed E-state index contributed by atoms with van der Waals surface area (Å²) >= 11 is 0. The average Bonchev–Trinajstić information content (AvgIpc) is 3.31. The number of hydrogen-bond acceptors (Lipinski definition) is 4. The molecule has 3 aliphatic rings. The van der Waals surface area contributed by atoms with Crippen LogP contribution in [0.1, 0.15) is 56.9 Å². The highest BCUT2D eigenvalue weighted by atomic mass is 19.3. The minimum Gasteiger partial charge on any atom is -0.469 e. The van der Waals surface area contributed by atoms with Crippen LogP contribution in [0, 0.1) is 16.7 Å². The van der Waals surface area contributed by atoms with Gasteiger partial charge in [-0.15, -0.1) is 0 Å². The molecule has 0 bridgehead atoms. The lowest BCUT2D eigenvalue weighted by molar-refractivity contribution is -0.142. The molecule has 1 aromatic rings. The van der Waals surface area contributed by atoms with Gasteiger partial charge >= 0.3 is 5.97 Å². The van der Waals surface area contributed by atoms with Gasteiger partial charge in [0, 0.05) is 19.4 Å². The van der Waals surface area contributed by atoms with Crippen LogP contribution in [-0.4, -0.2) is 50.1 Å². The summed E-state index contributed by atoms with van der Waals surface area (Å²) in [5, 5.41) is 0. The number of rotatable bonds is 8. The third-order valence-electron chi connectivity index (χ3n) is 7.99. The highest BCUT2D eigenvalue weighted by molar-refractivity contribution is 5.69. The van der Waals surface area contributed by atoms with Crippen molar-refractivity contribution in [3.63, 3.8) is 0 Å². The van der Waals surface area contributed by atoms with Gasteiger partial charge in [0.05, 0.1) is 25.7 Å². The summed E-state index contributed by atoms with van der Waals surface area (Å²) in [6.45, 7) is 2.70. The van der Waals surface area contributed by atoms with Gasteiger partial charge in [0.25, 0.3) is 5.92 Å². The zero-order valence-electron chi connectivity index (χ0n) is 18.6. The molecular formula is C25H35F2NO3. The number of methoxy groups -OCH3 is 1. The lowest BCUT2D eigenvalue weighted by Crippen LogP contribution is -2.45. The Morgan fingerprint density at radius 2 is 1.74 bits per heavy atom. The van der Waals surface area contributed by atoms with E-state index in [0.29, 0.717) is 30.9 Å². The van der Waals surface area contributed by atoms with Gasteiger partial charge in [-0.2, -0.15) is 0 Å². The van der Waals surface area contributed by atoms with Crippen LogP contribution in [0.25, 0.3) is 0 Å². The number of halogens is 2. The van der Waals surface area contributed by atoms with Crippen molar-refractivity contribution >= 4 is 5.97 Å². The normalized spacial score (nSPS) is 27.8. The van der Waals surface area contributed by atoms with Crippen molar-refractivity contribution in [1.29, 1.82) is 0 Å². The fourth-order valence-corrected chi connectivity index (χ4v) is 5.62. The third-order valence-corrected chi connectivity index (χ3v) is 7.99. The SMILES string of the molecule is COC(=O)CC1CCC2(CC1)CCN(C[C@@]1(COCc3ccccc3)CC1(F)F)CC2. The molecule has 4 nitrogen and oxygen atoms in total. The van der Waals surface area contributed by atoms with Gasteiger partial charge in [-0.1, -0.05) is 30.3 Å². The van der Waals surface area contributed by atoms with E-state index in [2.05, 4.69) is 4.90 Å². The highest BCUT2D eigenvalue weighted by Crippen LogP contribution is 2.61. The molecule has 0 radical (unpaired) electrons. The molecule has 0 aromatic heterocycles. The van der Waals surface area contributed by atoms with Crippen molar-refractivity contribution in [2.24, 2.45) is 16.7 Å². The highest BCUT2D eigenvalue weighted by Gasteiger charge is 2.71. The van der Waals surface area contributed by atoms with Gasteiger partial charge in [-0.25, -0.2) is 8.78 Å². The molecule has 1 aromatic carbocycles. The first kappa shape index (κ1) is 22.7. The Morgan fingerprint density at radius 1 is 1.10 bits per heavy atom. The molecule has 172 valence electrons. The Balaban J connectivity index is 1.23. The number of nitrogens with zero attached hydrogens (tertiary/aromatic N) is 1. The first-order valence-corrected chi connectivity index (χ1v) is 11.6. The van der Waals surface area contributed by atoms with Crippen molar-refractivity contribution in [3.05, 3.63) is 35.9 Å². The molecule has 3 fully saturated rings. The fourth-order valence-electron chi connectivity index (χ4n) is 5.62. The maximum atomic E-state index is 14.3. The summed E-state index contributed by atoms with van der Waals surface area (Å²) in [4.78, 5) is 13.8. The fraction of sp³-hybridized carbons (Fsp3) is 0.720. The summed E-state index contributed by atoms with van der Waals surface area (Å²) in [6, 6.07) is 9.73. The van der Waals surface area contributed by atoms with Crippen LogP contribution in [0.3, 0.4) is 0 Å². The maximum absolute atomic E-state index is 14.3. The van der Waals surface area contributed by atoms with Crippen molar-refractivity contribution < 1.29 is 23.0 Å². The van der Waals surface area contributed by atoms with E-state index < -0.39 is 11.3 Å². The summed E-state index contributed by atoms with van der Waals surface area (Å²) < 4.78 is 39.2. The number of alkyl halides is 2. The molecular weight excluding hydrogens is 400 g/mol. The molecule has 0 amide bonds.